The molecule has 2 N–H and O–H groups in total. The molecule has 2 amide bonds. The standard InChI is InChI=1S/C17H33N3O4/c1-13(21)18-14(6-11-24-5)16(23)20-9-7-19(8-10-20)12-15(22)17(2,3)4/h14-15,22H,6-12H2,1-5H3,(H,18,21)/t14-,15+/m0/s1. The van der Waals surface area contributed by atoms with Gasteiger partial charge in [-0.3, -0.25) is 14.5 Å². The zero-order valence-corrected chi connectivity index (χ0v) is 15.7. The summed E-state index contributed by atoms with van der Waals surface area (Å²) in [6.07, 6.45) is 0.0753. The van der Waals surface area contributed by atoms with Gasteiger partial charge < -0.3 is 20.1 Å². The molecular formula is C17H33N3O4. The molecule has 0 saturated carbocycles. The number of amides is 2. The first kappa shape index (κ1) is 20.9. The van der Waals surface area contributed by atoms with Gasteiger partial charge in [0.15, 0.2) is 0 Å². The van der Waals surface area contributed by atoms with Crippen molar-refractivity contribution < 1.29 is 19.4 Å². The Bertz CT molecular complexity index is 415. The number of hydrogen-bond donors (Lipinski definition) is 2. The maximum atomic E-state index is 12.6. The van der Waals surface area contributed by atoms with Gasteiger partial charge in [0.2, 0.25) is 11.8 Å². The second-order valence-electron chi connectivity index (χ2n) is 7.54. The molecule has 1 fully saturated rings. The molecule has 7 nitrogen and oxygen atoms in total. The number of carbonyl (C=O) groups excluding carboxylic acids is 2. The van der Waals surface area contributed by atoms with Crippen LogP contribution in [0.3, 0.4) is 0 Å². The highest BCUT2D eigenvalue weighted by molar-refractivity contribution is 5.86. The number of nitrogens with one attached hydrogen (secondary N) is 1. The topological polar surface area (TPSA) is 82.1 Å². The maximum Gasteiger partial charge on any atom is 0.245 e. The third-order valence-electron chi connectivity index (χ3n) is 4.40. The molecule has 2 atom stereocenters. The van der Waals surface area contributed by atoms with Gasteiger partial charge in [0, 0.05) is 53.4 Å². The van der Waals surface area contributed by atoms with Crippen LogP contribution >= 0.6 is 0 Å². The Hall–Kier alpha value is -1.18. The molecule has 0 aromatic carbocycles. The van der Waals surface area contributed by atoms with E-state index in [2.05, 4.69) is 10.2 Å². The van der Waals surface area contributed by atoms with E-state index in [0.29, 0.717) is 32.7 Å². The molecule has 0 aromatic rings. The van der Waals surface area contributed by atoms with Crippen LogP contribution in [0.2, 0.25) is 0 Å². The minimum atomic E-state index is -0.533. The van der Waals surface area contributed by atoms with Gasteiger partial charge in [-0.15, -0.1) is 0 Å². The van der Waals surface area contributed by atoms with Gasteiger partial charge in [-0.05, 0) is 11.8 Å². The molecule has 0 aromatic heterocycles. The molecule has 7 heteroatoms. The van der Waals surface area contributed by atoms with E-state index in [-0.39, 0.29) is 17.2 Å². The van der Waals surface area contributed by atoms with Gasteiger partial charge in [0.1, 0.15) is 6.04 Å². The minimum absolute atomic E-state index is 0.0572. The van der Waals surface area contributed by atoms with Crippen molar-refractivity contribution in [2.45, 2.75) is 46.3 Å². The molecule has 0 spiro atoms. The SMILES string of the molecule is COCC[C@H](NC(C)=O)C(=O)N1CCN(C[C@@H](O)C(C)(C)C)CC1. The predicted octanol–water partition coefficient (Wildman–Crippen LogP) is 0.0788. The third-order valence-corrected chi connectivity index (χ3v) is 4.40. The number of ether oxygens (including phenoxy) is 1. The summed E-state index contributed by atoms with van der Waals surface area (Å²) in [6.45, 7) is 11.2. The highest BCUT2D eigenvalue weighted by Crippen LogP contribution is 2.20. The predicted molar refractivity (Wildman–Crippen MR) is 92.6 cm³/mol. The lowest BCUT2D eigenvalue weighted by Crippen LogP contribution is -2.56. The first-order valence-electron chi connectivity index (χ1n) is 8.60. The summed E-state index contributed by atoms with van der Waals surface area (Å²) in [7, 11) is 1.58. The highest BCUT2D eigenvalue weighted by Gasteiger charge is 2.30. The fourth-order valence-electron chi connectivity index (χ4n) is 2.63. The number of hydrogen-bond acceptors (Lipinski definition) is 5. The number of carbonyl (C=O) groups is 2. The number of nitrogens with zero attached hydrogens (tertiary/aromatic N) is 2. The van der Waals surface area contributed by atoms with Crippen molar-refractivity contribution >= 4 is 11.8 Å². The summed E-state index contributed by atoms with van der Waals surface area (Å²) in [5, 5.41) is 12.9. The Morgan fingerprint density at radius 2 is 1.79 bits per heavy atom. The summed E-state index contributed by atoms with van der Waals surface area (Å²) in [6, 6.07) is -0.533. The van der Waals surface area contributed by atoms with Crippen molar-refractivity contribution in [1.29, 1.82) is 0 Å². The molecular weight excluding hydrogens is 310 g/mol. The van der Waals surface area contributed by atoms with Crippen LogP contribution in [0.4, 0.5) is 0 Å². The van der Waals surface area contributed by atoms with Gasteiger partial charge in [-0.1, -0.05) is 20.8 Å². The van der Waals surface area contributed by atoms with Gasteiger partial charge in [0.25, 0.3) is 0 Å². The average molecular weight is 343 g/mol. The molecule has 1 aliphatic rings. The smallest absolute Gasteiger partial charge is 0.245 e. The maximum absolute atomic E-state index is 12.6. The molecule has 140 valence electrons. The third kappa shape index (κ3) is 6.75. The minimum Gasteiger partial charge on any atom is -0.391 e. The molecule has 0 aliphatic carbocycles. The molecule has 1 rings (SSSR count). The highest BCUT2D eigenvalue weighted by atomic mass is 16.5. The Morgan fingerprint density at radius 3 is 2.25 bits per heavy atom. The van der Waals surface area contributed by atoms with E-state index in [0.717, 1.165) is 13.1 Å². The van der Waals surface area contributed by atoms with Crippen LogP contribution in [-0.4, -0.2) is 85.3 Å². The summed E-state index contributed by atoms with van der Waals surface area (Å²) in [4.78, 5) is 27.9. The van der Waals surface area contributed by atoms with Crippen molar-refractivity contribution in [3.05, 3.63) is 0 Å². The lowest BCUT2D eigenvalue weighted by atomic mass is 9.89. The van der Waals surface area contributed by atoms with E-state index in [1.54, 1.807) is 12.0 Å². The lowest BCUT2D eigenvalue weighted by Gasteiger charge is -2.39. The second-order valence-corrected chi connectivity index (χ2v) is 7.54. The lowest BCUT2D eigenvalue weighted by molar-refractivity contribution is -0.138. The summed E-state index contributed by atoms with van der Waals surface area (Å²) in [5.74, 6) is -0.269. The van der Waals surface area contributed by atoms with Crippen molar-refractivity contribution in [3.63, 3.8) is 0 Å². The zero-order chi connectivity index (χ0) is 18.3. The number of β-amino-alcohol motifs (C(OH)–C–C–N with tert-alkyl or cyclic N) is 1. The summed E-state index contributed by atoms with van der Waals surface area (Å²) in [5.41, 5.74) is -0.149. The fraction of sp³-hybridized carbons (Fsp3) is 0.882. The Morgan fingerprint density at radius 1 is 1.21 bits per heavy atom. The van der Waals surface area contributed by atoms with Crippen LogP contribution < -0.4 is 5.32 Å². The molecule has 1 aliphatic heterocycles. The van der Waals surface area contributed by atoms with Crippen LogP contribution in [0.15, 0.2) is 0 Å². The number of piperazine rings is 1. The second kappa shape index (κ2) is 9.34. The molecule has 1 heterocycles. The number of rotatable bonds is 7. The summed E-state index contributed by atoms with van der Waals surface area (Å²) >= 11 is 0. The molecule has 0 bridgehead atoms. The van der Waals surface area contributed by atoms with Crippen molar-refractivity contribution in [2.75, 3.05) is 46.4 Å². The molecule has 24 heavy (non-hydrogen) atoms. The first-order valence-corrected chi connectivity index (χ1v) is 8.60. The van der Waals surface area contributed by atoms with E-state index >= 15 is 0 Å². The normalized spacial score (nSPS) is 19.0. The molecule has 0 radical (unpaired) electrons. The number of methoxy groups -OCH3 is 1. The number of aliphatic hydroxyl groups excluding tert-OH is 1. The number of aliphatic hydroxyl groups is 1. The van der Waals surface area contributed by atoms with E-state index in [9.17, 15) is 14.7 Å². The zero-order valence-electron chi connectivity index (χ0n) is 15.7. The van der Waals surface area contributed by atoms with Gasteiger partial charge in [-0.2, -0.15) is 0 Å². The van der Waals surface area contributed by atoms with Crippen LogP contribution in [-0.2, 0) is 14.3 Å². The van der Waals surface area contributed by atoms with Crippen LogP contribution in [0.1, 0.15) is 34.1 Å². The molecule has 1 saturated heterocycles. The fourth-order valence-corrected chi connectivity index (χ4v) is 2.63. The average Bonchev–Trinajstić information content (AvgIpc) is 2.50. The largest absolute Gasteiger partial charge is 0.391 e. The van der Waals surface area contributed by atoms with E-state index < -0.39 is 12.1 Å². The molecule has 0 unspecified atom stereocenters. The van der Waals surface area contributed by atoms with Crippen molar-refractivity contribution in [2.24, 2.45) is 5.41 Å². The van der Waals surface area contributed by atoms with Gasteiger partial charge in [0.05, 0.1) is 6.10 Å². The van der Waals surface area contributed by atoms with E-state index in [1.807, 2.05) is 20.8 Å². The Kier molecular flexibility index (Phi) is 8.12. The van der Waals surface area contributed by atoms with Gasteiger partial charge in [-0.25, -0.2) is 0 Å². The van der Waals surface area contributed by atoms with Crippen molar-refractivity contribution in [1.82, 2.24) is 15.1 Å². The summed E-state index contributed by atoms with van der Waals surface area (Å²) < 4.78 is 5.03. The van der Waals surface area contributed by atoms with Crippen LogP contribution in [0, 0.1) is 5.41 Å². The van der Waals surface area contributed by atoms with Crippen LogP contribution in [0.25, 0.3) is 0 Å². The Labute approximate surface area is 145 Å². The van der Waals surface area contributed by atoms with Crippen molar-refractivity contribution in [3.8, 4) is 0 Å². The van der Waals surface area contributed by atoms with E-state index in [4.69, 9.17) is 4.74 Å². The first-order chi connectivity index (χ1) is 11.1. The quantitative estimate of drug-likeness (QED) is 0.684. The van der Waals surface area contributed by atoms with Gasteiger partial charge >= 0.3 is 0 Å². The monoisotopic (exact) mass is 343 g/mol. The van der Waals surface area contributed by atoms with E-state index in [1.165, 1.54) is 6.92 Å². The Balaban J connectivity index is 2.52. The van der Waals surface area contributed by atoms with Crippen LogP contribution in [0.5, 0.6) is 0 Å².